The van der Waals surface area contributed by atoms with Gasteiger partial charge in [-0.05, 0) is 18.6 Å². The third-order valence-corrected chi connectivity index (χ3v) is 3.63. The van der Waals surface area contributed by atoms with E-state index in [2.05, 4.69) is 32.8 Å². The lowest BCUT2D eigenvalue weighted by Crippen LogP contribution is -2.35. The lowest BCUT2D eigenvalue weighted by atomic mass is 10.0. The van der Waals surface area contributed by atoms with Gasteiger partial charge in [-0.3, -0.25) is 9.88 Å². The third-order valence-electron chi connectivity index (χ3n) is 3.63. The van der Waals surface area contributed by atoms with Crippen molar-refractivity contribution in [2.24, 2.45) is 0 Å². The molecule has 0 aliphatic carbocycles. The van der Waals surface area contributed by atoms with E-state index in [1.54, 1.807) is 0 Å². The van der Waals surface area contributed by atoms with Gasteiger partial charge in [0.1, 0.15) is 0 Å². The van der Waals surface area contributed by atoms with Gasteiger partial charge < -0.3 is 4.98 Å². The summed E-state index contributed by atoms with van der Waals surface area (Å²) in [6.07, 6.45) is 5.82. The molecule has 3 rings (SSSR count). The van der Waals surface area contributed by atoms with E-state index in [9.17, 15) is 0 Å². The molecule has 2 aromatic rings. The summed E-state index contributed by atoms with van der Waals surface area (Å²) in [6, 6.07) is 6.52. The smallest absolute Gasteiger partial charge is 0.0925 e. The molecular formula is C14H18N4. The SMILES string of the molecule is CC[C@@H]1c2nc[nH]c2CCN1Cc1ccccn1. The zero-order valence-corrected chi connectivity index (χ0v) is 10.6. The molecule has 0 saturated heterocycles. The van der Waals surface area contributed by atoms with Crippen molar-refractivity contribution in [3.8, 4) is 0 Å². The molecule has 0 aromatic carbocycles. The van der Waals surface area contributed by atoms with E-state index in [1.165, 1.54) is 11.4 Å². The second-order valence-electron chi connectivity index (χ2n) is 4.73. The highest BCUT2D eigenvalue weighted by atomic mass is 15.2. The topological polar surface area (TPSA) is 44.8 Å². The van der Waals surface area contributed by atoms with Gasteiger partial charge in [-0.15, -0.1) is 0 Å². The lowest BCUT2D eigenvalue weighted by Gasteiger charge is -2.34. The molecule has 4 nitrogen and oxygen atoms in total. The van der Waals surface area contributed by atoms with E-state index in [0.29, 0.717) is 6.04 Å². The zero-order chi connectivity index (χ0) is 12.4. The van der Waals surface area contributed by atoms with Crippen molar-refractivity contribution in [3.05, 3.63) is 47.8 Å². The monoisotopic (exact) mass is 242 g/mol. The Labute approximate surface area is 107 Å². The maximum atomic E-state index is 4.48. The maximum absolute atomic E-state index is 4.48. The highest BCUT2D eigenvalue weighted by Crippen LogP contribution is 2.30. The number of imidazole rings is 1. The van der Waals surface area contributed by atoms with Crippen LogP contribution in [0, 0.1) is 0 Å². The fraction of sp³-hybridized carbons (Fsp3) is 0.429. The normalized spacial score (nSPS) is 19.7. The highest BCUT2D eigenvalue weighted by molar-refractivity contribution is 5.20. The minimum atomic E-state index is 0.419. The second kappa shape index (κ2) is 4.90. The molecule has 0 amide bonds. The molecular weight excluding hydrogens is 224 g/mol. The van der Waals surface area contributed by atoms with Crippen molar-refractivity contribution in [1.82, 2.24) is 19.9 Å². The van der Waals surface area contributed by atoms with Crippen LogP contribution in [0.25, 0.3) is 0 Å². The van der Waals surface area contributed by atoms with Crippen LogP contribution in [-0.4, -0.2) is 26.4 Å². The van der Waals surface area contributed by atoms with E-state index < -0.39 is 0 Å². The van der Waals surface area contributed by atoms with Crippen molar-refractivity contribution in [3.63, 3.8) is 0 Å². The summed E-state index contributed by atoms with van der Waals surface area (Å²) in [5, 5.41) is 0. The molecule has 1 aliphatic heterocycles. The van der Waals surface area contributed by atoms with Gasteiger partial charge in [-0.2, -0.15) is 0 Å². The quantitative estimate of drug-likeness (QED) is 0.898. The summed E-state index contributed by atoms with van der Waals surface area (Å²) in [6.45, 7) is 4.20. The van der Waals surface area contributed by atoms with Crippen molar-refractivity contribution in [2.45, 2.75) is 32.4 Å². The Bertz CT molecular complexity index is 506. The first kappa shape index (κ1) is 11.4. The van der Waals surface area contributed by atoms with Crippen molar-refractivity contribution >= 4 is 0 Å². The molecule has 0 bridgehead atoms. The molecule has 94 valence electrons. The van der Waals surface area contributed by atoms with Crippen molar-refractivity contribution in [1.29, 1.82) is 0 Å². The van der Waals surface area contributed by atoms with Crippen LogP contribution in [0.15, 0.2) is 30.7 Å². The Kier molecular flexibility index (Phi) is 3.11. The van der Waals surface area contributed by atoms with Gasteiger partial charge in [0.05, 0.1) is 23.8 Å². The Hall–Kier alpha value is -1.68. The average molecular weight is 242 g/mol. The van der Waals surface area contributed by atoms with Gasteiger partial charge in [0.25, 0.3) is 0 Å². The van der Waals surface area contributed by atoms with E-state index in [-0.39, 0.29) is 0 Å². The maximum Gasteiger partial charge on any atom is 0.0925 e. The molecule has 0 saturated carbocycles. The molecule has 1 aliphatic rings. The summed E-state index contributed by atoms with van der Waals surface area (Å²) in [5.74, 6) is 0. The van der Waals surface area contributed by atoms with Crippen LogP contribution in [0.2, 0.25) is 0 Å². The molecule has 4 heteroatoms. The van der Waals surface area contributed by atoms with Crippen LogP contribution < -0.4 is 0 Å². The number of hydrogen-bond donors (Lipinski definition) is 1. The molecule has 3 heterocycles. The molecule has 0 unspecified atom stereocenters. The number of rotatable bonds is 3. The number of nitrogens with zero attached hydrogens (tertiary/aromatic N) is 3. The van der Waals surface area contributed by atoms with Crippen LogP contribution in [0.1, 0.15) is 36.5 Å². The number of nitrogens with one attached hydrogen (secondary N) is 1. The van der Waals surface area contributed by atoms with Crippen LogP contribution in [0.5, 0.6) is 0 Å². The van der Waals surface area contributed by atoms with Crippen molar-refractivity contribution in [2.75, 3.05) is 6.54 Å². The number of H-pyrrole nitrogens is 1. The predicted octanol–water partition coefficient (Wildman–Crippen LogP) is 2.31. The van der Waals surface area contributed by atoms with Gasteiger partial charge in [0, 0.05) is 31.4 Å². The first-order valence-electron chi connectivity index (χ1n) is 6.54. The van der Waals surface area contributed by atoms with E-state index >= 15 is 0 Å². The number of aromatic amines is 1. The highest BCUT2D eigenvalue weighted by Gasteiger charge is 2.28. The first-order chi connectivity index (χ1) is 8.88. The molecule has 18 heavy (non-hydrogen) atoms. The van der Waals surface area contributed by atoms with Gasteiger partial charge >= 0.3 is 0 Å². The Balaban J connectivity index is 1.81. The van der Waals surface area contributed by atoms with Crippen LogP contribution in [0.3, 0.4) is 0 Å². The van der Waals surface area contributed by atoms with Crippen molar-refractivity contribution < 1.29 is 0 Å². The fourth-order valence-electron chi connectivity index (χ4n) is 2.74. The van der Waals surface area contributed by atoms with Gasteiger partial charge in [0.2, 0.25) is 0 Å². The predicted molar refractivity (Wildman–Crippen MR) is 70.0 cm³/mol. The number of fused-ring (bicyclic) bond motifs is 1. The third kappa shape index (κ3) is 2.04. The van der Waals surface area contributed by atoms with Gasteiger partial charge in [-0.25, -0.2) is 4.98 Å². The summed E-state index contributed by atoms with van der Waals surface area (Å²) in [5.41, 5.74) is 3.66. The fourth-order valence-corrected chi connectivity index (χ4v) is 2.74. The first-order valence-corrected chi connectivity index (χ1v) is 6.54. The standard InChI is InChI=1S/C14H18N4/c1-2-13-14-12(16-10-17-14)6-8-18(13)9-11-5-3-4-7-15-11/h3-5,7,10,13H,2,6,8-9H2,1H3,(H,16,17)/t13-/m1/s1. The van der Waals surface area contributed by atoms with Gasteiger partial charge in [-0.1, -0.05) is 13.0 Å². The average Bonchev–Trinajstić information content (AvgIpc) is 2.88. The molecule has 1 N–H and O–H groups in total. The van der Waals surface area contributed by atoms with E-state index in [0.717, 1.165) is 31.6 Å². The molecule has 1 atom stereocenters. The minimum absolute atomic E-state index is 0.419. The number of hydrogen-bond acceptors (Lipinski definition) is 3. The summed E-state index contributed by atoms with van der Waals surface area (Å²) in [4.78, 5) is 14.6. The summed E-state index contributed by atoms with van der Waals surface area (Å²) in [7, 11) is 0. The van der Waals surface area contributed by atoms with Gasteiger partial charge in [0.15, 0.2) is 0 Å². The van der Waals surface area contributed by atoms with Crippen LogP contribution >= 0.6 is 0 Å². The number of aromatic nitrogens is 3. The van der Waals surface area contributed by atoms with Crippen LogP contribution in [0.4, 0.5) is 0 Å². The molecule has 0 fully saturated rings. The molecule has 0 spiro atoms. The molecule has 0 radical (unpaired) electrons. The number of pyridine rings is 1. The summed E-state index contributed by atoms with van der Waals surface area (Å²) < 4.78 is 0. The lowest BCUT2D eigenvalue weighted by molar-refractivity contribution is 0.165. The Morgan fingerprint density at radius 1 is 1.39 bits per heavy atom. The molecule has 2 aromatic heterocycles. The zero-order valence-electron chi connectivity index (χ0n) is 10.6. The Morgan fingerprint density at radius 3 is 3.11 bits per heavy atom. The largest absolute Gasteiger partial charge is 0.348 e. The Morgan fingerprint density at radius 2 is 2.33 bits per heavy atom. The minimum Gasteiger partial charge on any atom is -0.348 e. The van der Waals surface area contributed by atoms with Crippen LogP contribution in [-0.2, 0) is 13.0 Å². The van der Waals surface area contributed by atoms with E-state index in [4.69, 9.17) is 0 Å². The second-order valence-corrected chi connectivity index (χ2v) is 4.73. The summed E-state index contributed by atoms with van der Waals surface area (Å²) >= 11 is 0. The van der Waals surface area contributed by atoms with E-state index in [1.807, 2.05) is 24.7 Å².